The maximum absolute atomic E-state index is 5.82. The van der Waals surface area contributed by atoms with Gasteiger partial charge in [-0.2, -0.15) is 0 Å². The van der Waals surface area contributed by atoms with Crippen molar-refractivity contribution >= 4 is 11.3 Å². The topological polar surface area (TPSA) is 21.3 Å². The third kappa shape index (κ3) is 4.99. The summed E-state index contributed by atoms with van der Waals surface area (Å²) in [5.41, 5.74) is 1.23. The smallest absolute Gasteiger partial charge is 0.122 e. The van der Waals surface area contributed by atoms with Gasteiger partial charge in [0.1, 0.15) is 12.4 Å². The minimum atomic E-state index is 0.651. The molecule has 20 heavy (non-hydrogen) atoms. The second-order valence-electron chi connectivity index (χ2n) is 5.50. The molecule has 0 radical (unpaired) electrons. The number of benzene rings is 1. The van der Waals surface area contributed by atoms with Crippen molar-refractivity contribution in [1.82, 2.24) is 5.32 Å². The van der Waals surface area contributed by atoms with Gasteiger partial charge in [0.2, 0.25) is 0 Å². The van der Waals surface area contributed by atoms with Gasteiger partial charge in [0, 0.05) is 16.3 Å². The molecule has 0 unspecified atom stereocenters. The van der Waals surface area contributed by atoms with E-state index in [9.17, 15) is 0 Å². The van der Waals surface area contributed by atoms with E-state index in [2.05, 4.69) is 50.4 Å². The Morgan fingerprint density at radius 1 is 1.15 bits per heavy atom. The van der Waals surface area contributed by atoms with Gasteiger partial charge in [-0.25, -0.2) is 0 Å². The molecule has 0 bridgehead atoms. The maximum atomic E-state index is 5.82. The van der Waals surface area contributed by atoms with Crippen LogP contribution in [0.2, 0.25) is 0 Å². The first-order valence-corrected chi connectivity index (χ1v) is 7.93. The van der Waals surface area contributed by atoms with Crippen molar-refractivity contribution in [2.24, 2.45) is 5.92 Å². The molecule has 2 aromatic rings. The second-order valence-corrected chi connectivity index (χ2v) is 6.75. The lowest BCUT2D eigenvalue weighted by molar-refractivity contribution is 0.309. The molecule has 2 nitrogen and oxygen atoms in total. The van der Waals surface area contributed by atoms with Crippen molar-refractivity contribution in [1.29, 1.82) is 0 Å². The molecule has 0 saturated carbocycles. The van der Waals surface area contributed by atoms with E-state index in [0.717, 1.165) is 18.8 Å². The monoisotopic (exact) mass is 289 g/mol. The second kappa shape index (κ2) is 7.46. The first kappa shape index (κ1) is 15.1. The largest absolute Gasteiger partial charge is 0.488 e. The zero-order valence-corrected chi connectivity index (χ0v) is 13.3. The normalized spacial score (nSPS) is 11.0. The molecule has 0 amide bonds. The standard InChI is InChI=1S/C17H23NOS/c1-13(2)10-18-11-16-7-8-17(20-16)12-19-15-6-4-5-14(3)9-15/h4-9,13,18H,10-12H2,1-3H3. The van der Waals surface area contributed by atoms with Gasteiger partial charge in [0.05, 0.1) is 0 Å². The predicted molar refractivity (Wildman–Crippen MR) is 86.4 cm³/mol. The van der Waals surface area contributed by atoms with Crippen LogP contribution in [-0.4, -0.2) is 6.54 Å². The Morgan fingerprint density at radius 3 is 2.70 bits per heavy atom. The van der Waals surface area contributed by atoms with Gasteiger partial charge in [-0.3, -0.25) is 0 Å². The first-order valence-electron chi connectivity index (χ1n) is 7.11. The van der Waals surface area contributed by atoms with Gasteiger partial charge in [-0.1, -0.05) is 26.0 Å². The zero-order valence-electron chi connectivity index (χ0n) is 12.5. The van der Waals surface area contributed by atoms with Gasteiger partial charge < -0.3 is 10.1 Å². The lowest BCUT2D eigenvalue weighted by Crippen LogP contribution is -2.18. The highest BCUT2D eigenvalue weighted by atomic mass is 32.1. The van der Waals surface area contributed by atoms with Gasteiger partial charge in [-0.05, 0) is 49.2 Å². The Balaban J connectivity index is 1.80. The molecule has 1 N–H and O–H groups in total. The summed E-state index contributed by atoms with van der Waals surface area (Å²) < 4.78 is 5.82. The average Bonchev–Trinajstić information content (AvgIpc) is 2.84. The number of nitrogens with one attached hydrogen (secondary N) is 1. The molecule has 0 spiro atoms. The predicted octanol–water partition coefficient (Wildman–Crippen LogP) is 4.38. The fourth-order valence-electron chi connectivity index (χ4n) is 1.94. The summed E-state index contributed by atoms with van der Waals surface area (Å²) in [5, 5.41) is 3.47. The van der Waals surface area contributed by atoms with Crippen LogP contribution in [0.15, 0.2) is 36.4 Å². The van der Waals surface area contributed by atoms with Crippen LogP contribution in [0.4, 0.5) is 0 Å². The van der Waals surface area contributed by atoms with E-state index in [1.54, 1.807) is 0 Å². The number of hydrogen-bond acceptors (Lipinski definition) is 3. The van der Waals surface area contributed by atoms with E-state index in [4.69, 9.17) is 4.74 Å². The third-order valence-electron chi connectivity index (χ3n) is 2.94. The molecule has 0 aliphatic rings. The average molecular weight is 289 g/mol. The van der Waals surface area contributed by atoms with Crippen LogP contribution in [0, 0.1) is 12.8 Å². The molecular formula is C17H23NOS. The number of aryl methyl sites for hydroxylation is 1. The lowest BCUT2D eigenvalue weighted by Gasteiger charge is -2.06. The molecule has 1 aromatic heterocycles. The van der Waals surface area contributed by atoms with E-state index in [1.807, 2.05) is 23.5 Å². The fraction of sp³-hybridized carbons (Fsp3) is 0.412. The molecule has 0 atom stereocenters. The Morgan fingerprint density at radius 2 is 1.95 bits per heavy atom. The summed E-state index contributed by atoms with van der Waals surface area (Å²) in [6, 6.07) is 12.5. The van der Waals surface area contributed by atoms with E-state index in [1.165, 1.54) is 15.3 Å². The van der Waals surface area contributed by atoms with Gasteiger partial charge in [0.15, 0.2) is 0 Å². The van der Waals surface area contributed by atoms with Gasteiger partial charge in [-0.15, -0.1) is 11.3 Å². The quantitative estimate of drug-likeness (QED) is 0.816. The highest BCUT2D eigenvalue weighted by molar-refractivity contribution is 7.11. The van der Waals surface area contributed by atoms with Crippen LogP contribution < -0.4 is 10.1 Å². The van der Waals surface area contributed by atoms with E-state index < -0.39 is 0 Å². The van der Waals surface area contributed by atoms with Crippen molar-refractivity contribution in [3.05, 3.63) is 51.7 Å². The number of rotatable bonds is 7. The minimum absolute atomic E-state index is 0.651. The molecule has 1 heterocycles. The molecule has 1 aromatic carbocycles. The van der Waals surface area contributed by atoms with Crippen molar-refractivity contribution in [3.63, 3.8) is 0 Å². The third-order valence-corrected chi connectivity index (χ3v) is 4.00. The lowest BCUT2D eigenvalue weighted by atomic mass is 10.2. The van der Waals surface area contributed by atoms with Crippen LogP contribution in [-0.2, 0) is 13.2 Å². The van der Waals surface area contributed by atoms with E-state index in [0.29, 0.717) is 12.5 Å². The molecular weight excluding hydrogens is 266 g/mol. The minimum Gasteiger partial charge on any atom is -0.488 e. The van der Waals surface area contributed by atoms with Crippen molar-refractivity contribution in [2.45, 2.75) is 33.9 Å². The van der Waals surface area contributed by atoms with E-state index in [-0.39, 0.29) is 0 Å². The van der Waals surface area contributed by atoms with Gasteiger partial charge in [0.25, 0.3) is 0 Å². The highest BCUT2D eigenvalue weighted by Crippen LogP contribution is 2.20. The summed E-state index contributed by atoms with van der Waals surface area (Å²) >= 11 is 1.82. The van der Waals surface area contributed by atoms with E-state index >= 15 is 0 Å². The molecule has 3 heteroatoms. The Bertz CT molecular complexity index is 533. The molecule has 0 saturated heterocycles. The van der Waals surface area contributed by atoms with Crippen LogP contribution in [0.1, 0.15) is 29.2 Å². The van der Waals surface area contributed by atoms with Crippen LogP contribution in [0.3, 0.4) is 0 Å². The highest BCUT2D eigenvalue weighted by Gasteiger charge is 2.02. The number of ether oxygens (including phenoxy) is 1. The van der Waals surface area contributed by atoms with Gasteiger partial charge >= 0.3 is 0 Å². The molecule has 0 fully saturated rings. The fourth-order valence-corrected chi connectivity index (χ4v) is 2.84. The molecule has 0 aliphatic carbocycles. The summed E-state index contributed by atoms with van der Waals surface area (Å²) in [6.07, 6.45) is 0. The Hall–Kier alpha value is -1.32. The van der Waals surface area contributed by atoms with Crippen molar-refractivity contribution < 1.29 is 4.74 Å². The molecule has 108 valence electrons. The summed E-state index contributed by atoms with van der Waals surface area (Å²) in [5.74, 6) is 1.64. The van der Waals surface area contributed by atoms with Crippen molar-refractivity contribution in [3.8, 4) is 5.75 Å². The summed E-state index contributed by atoms with van der Waals surface area (Å²) in [4.78, 5) is 2.64. The Labute approximate surface area is 125 Å². The molecule has 2 rings (SSSR count). The van der Waals surface area contributed by atoms with Crippen molar-refractivity contribution in [2.75, 3.05) is 6.54 Å². The molecule has 0 aliphatic heterocycles. The maximum Gasteiger partial charge on any atom is 0.122 e. The number of hydrogen-bond donors (Lipinski definition) is 1. The SMILES string of the molecule is Cc1cccc(OCc2ccc(CNCC(C)C)s2)c1. The van der Waals surface area contributed by atoms with Crippen LogP contribution >= 0.6 is 11.3 Å². The zero-order chi connectivity index (χ0) is 14.4. The van der Waals surface area contributed by atoms with Crippen LogP contribution in [0.5, 0.6) is 5.75 Å². The first-order chi connectivity index (χ1) is 9.63. The summed E-state index contributed by atoms with van der Waals surface area (Å²) in [7, 11) is 0. The van der Waals surface area contributed by atoms with Crippen LogP contribution in [0.25, 0.3) is 0 Å². The Kier molecular flexibility index (Phi) is 5.62. The summed E-state index contributed by atoms with van der Waals surface area (Å²) in [6.45, 7) is 9.19. The number of thiophene rings is 1.